The van der Waals surface area contributed by atoms with Crippen molar-refractivity contribution in [2.75, 3.05) is 26.2 Å². The minimum atomic E-state index is 0.132. The highest BCUT2D eigenvalue weighted by Crippen LogP contribution is 2.37. The molecule has 1 spiro atoms. The van der Waals surface area contributed by atoms with Gasteiger partial charge in [-0.05, 0) is 48.9 Å². The molecular formula is C19H28N2O. The van der Waals surface area contributed by atoms with Crippen LogP contribution in [0.4, 0.5) is 0 Å². The highest BCUT2D eigenvalue weighted by molar-refractivity contribution is 5.94. The molecule has 3 rings (SSSR count). The first-order valence-electron chi connectivity index (χ1n) is 8.50. The van der Waals surface area contributed by atoms with E-state index in [1.165, 1.54) is 18.4 Å². The van der Waals surface area contributed by atoms with Gasteiger partial charge in [0.1, 0.15) is 0 Å². The van der Waals surface area contributed by atoms with Crippen LogP contribution in [0, 0.1) is 5.41 Å². The van der Waals surface area contributed by atoms with Crippen LogP contribution in [0.2, 0.25) is 0 Å². The largest absolute Gasteiger partial charge is 0.338 e. The SMILES string of the molecule is CC(C)(C)c1ccc(C(=O)N2CCC3(CCCNC3)C2)cc1. The Morgan fingerprint density at radius 2 is 1.91 bits per heavy atom. The van der Waals surface area contributed by atoms with Crippen molar-refractivity contribution in [2.24, 2.45) is 5.41 Å². The van der Waals surface area contributed by atoms with Gasteiger partial charge in [-0.15, -0.1) is 0 Å². The van der Waals surface area contributed by atoms with Crippen molar-refractivity contribution in [3.05, 3.63) is 35.4 Å². The normalized spacial score (nSPS) is 25.7. The molecule has 2 aliphatic heterocycles. The third-order valence-electron chi connectivity index (χ3n) is 5.28. The molecular weight excluding hydrogens is 272 g/mol. The van der Waals surface area contributed by atoms with Gasteiger partial charge in [-0.1, -0.05) is 32.9 Å². The Morgan fingerprint density at radius 1 is 1.18 bits per heavy atom. The van der Waals surface area contributed by atoms with Gasteiger partial charge in [0.2, 0.25) is 0 Å². The monoisotopic (exact) mass is 300 g/mol. The smallest absolute Gasteiger partial charge is 0.253 e. The molecule has 3 heteroatoms. The molecule has 2 aliphatic rings. The van der Waals surface area contributed by atoms with Gasteiger partial charge in [0.15, 0.2) is 0 Å². The van der Waals surface area contributed by atoms with Crippen LogP contribution in [0.3, 0.4) is 0 Å². The summed E-state index contributed by atoms with van der Waals surface area (Å²) >= 11 is 0. The van der Waals surface area contributed by atoms with E-state index in [0.29, 0.717) is 5.41 Å². The van der Waals surface area contributed by atoms with Gasteiger partial charge in [-0.25, -0.2) is 0 Å². The van der Waals surface area contributed by atoms with E-state index >= 15 is 0 Å². The van der Waals surface area contributed by atoms with Crippen molar-refractivity contribution >= 4 is 5.91 Å². The average Bonchev–Trinajstić information content (AvgIpc) is 2.90. The molecule has 1 aromatic rings. The van der Waals surface area contributed by atoms with Crippen LogP contribution in [0.25, 0.3) is 0 Å². The molecule has 1 N–H and O–H groups in total. The van der Waals surface area contributed by atoms with Crippen molar-refractivity contribution in [2.45, 2.75) is 45.4 Å². The molecule has 22 heavy (non-hydrogen) atoms. The molecule has 1 atom stereocenters. The van der Waals surface area contributed by atoms with E-state index in [-0.39, 0.29) is 11.3 Å². The predicted octanol–water partition coefficient (Wildman–Crippen LogP) is 3.20. The Bertz CT molecular complexity index is 536. The number of rotatable bonds is 1. The Balaban J connectivity index is 1.69. The second kappa shape index (κ2) is 5.69. The van der Waals surface area contributed by atoms with Crippen molar-refractivity contribution in [1.82, 2.24) is 10.2 Å². The zero-order valence-corrected chi connectivity index (χ0v) is 14.1. The third-order valence-corrected chi connectivity index (χ3v) is 5.28. The molecule has 0 radical (unpaired) electrons. The summed E-state index contributed by atoms with van der Waals surface area (Å²) in [5.41, 5.74) is 2.57. The lowest BCUT2D eigenvalue weighted by atomic mass is 9.80. The fraction of sp³-hybridized carbons (Fsp3) is 0.632. The molecule has 3 nitrogen and oxygen atoms in total. The number of piperidine rings is 1. The van der Waals surface area contributed by atoms with Crippen LogP contribution in [0.1, 0.15) is 56.0 Å². The quantitative estimate of drug-likeness (QED) is 0.864. The standard InChI is InChI=1S/C19H28N2O/c1-18(2,3)16-7-5-15(6-8-16)17(22)21-12-10-19(14-21)9-4-11-20-13-19/h5-8,20H,4,9-14H2,1-3H3. The molecule has 1 aromatic carbocycles. The van der Waals surface area contributed by atoms with Gasteiger partial charge in [-0.3, -0.25) is 4.79 Å². The highest BCUT2D eigenvalue weighted by Gasteiger charge is 2.40. The van der Waals surface area contributed by atoms with Crippen LogP contribution in [0.5, 0.6) is 0 Å². The zero-order chi connectivity index (χ0) is 15.8. The number of hydrogen-bond acceptors (Lipinski definition) is 2. The first-order valence-corrected chi connectivity index (χ1v) is 8.50. The number of carbonyl (C=O) groups is 1. The van der Waals surface area contributed by atoms with Gasteiger partial charge in [-0.2, -0.15) is 0 Å². The van der Waals surface area contributed by atoms with Gasteiger partial charge >= 0.3 is 0 Å². The first-order chi connectivity index (χ1) is 10.4. The molecule has 0 bridgehead atoms. The average molecular weight is 300 g/mol. The van der Waals surface area contributed by atoms with E-state index < -0.39 is 0 Å². The summed E-state index contributed by atoms with van der Waals surface area (Å²) in [6.07, 6.45) is 3.64. The van der Waals surface area contributed by atoms with E-state index in [0.717, 1.165) is 38.2 Å². The number of hydrogen-bond donors (Lipinski definition) is 1. The molecule has 120 valence electrons. The third kappa shape index (κ3) is 3.05. The van der Waals surface area contributed by atoms with Crippen molar-refractivity contribution in [1.29, 1.82) is 0 Å². The summed E-state index contributed by atoms with van der Waals surface area (Å²) in [5.74, 6) is 0.197. The molecule has 1 amide bonds. The maximum Gasteiger partial charge on any atom is 0.253 e. The molecule has 2 heterocycles. The second-order valence-electron chi connectivity index (χ2n) is 8.08. The number of carbonyl (C=O) groups excluding carboxylic acids is 1. The van der Waals surface area contributed by atoms with Crippen LogP contribution in [-0.2, 0) is 5.41 Å². The van der Waals surface area contributed by atoms with E-state index in [1.54, 1.807) is 0 Å². The molecule has 0 saturated carbocycles. The number of nitrogens with one attached hydrogen (secondary N) is 1. The molecule has 2 fully saturated rings. The number of nitrogens with zero attached hydrogens (tertiary/aromatic N) is 1. The Morgan fingerprint density at radius 3 is 2.50 bits per heavy atom. The summed E-state index contributed by atoms with van der Waals surface area (Å²) in [6.45, 7) is 10.6. The van der Waals surface area contributed by atoms with Crippen LogP contribution in [0.15, 0.2) is 24.3 Å². The number of likely N-dealkylation sites (tertiary alicyclic amines) is 1. The molecule has 2 saturated heterocycles. The minimum Gasteiger partial charge on any atom is -0.338 e. The van der Waals surface area contributed by atoms with Crippen molar-refractivity contribution in [3.63, 3.8) is 0 Å². The number of benzene rings is 1. The van der Waals surface area contributed by atoms with E-state index in [1.807, 2.05) is 12.1 Å². The highest BCUT2D eigenvalue weighted by atomic mass is 16.2. The zero-order valence-electron chi connectivity index (χ0n) is 14.1. The Labute approximate surface area is 134 Å². The predicted molar refractivity (Wildman–Crippen MR) is 90.2 cm³/mol. The summed E-state index contributed by atoms with van der Waals surface area (Å²) in [7, 11) is 0. The van der Waals surface area contributed by atoms with Crippen LogP contribution in [-0.4, -0.2) is 37.0 Å². The maximum atomic E-state index is 12.7. The molecule has 0 aliphatic carbocycles. The fourth-order valence-electron chi connectivity index (χ4n) is 3.78. The van der Waals surface area contributed by atoms with E-state index in [2.05, 4.69) is 43.1 Å². The lowest BCUT2D eigenvalue weighted by molar-refractivity contribution is 0.0764. The lowest BCUT2D eigenvalue weighted by Crippen LogP contribution is -2.42. The molecule has 0 aromatic heterocycles. The number of amides is 1. The van der Waals surface area contributed by atoms with Crippen LogP contribution < -0.4 is 5.32 Å². The summed E-state index contributed by atoms with van der Waals surface area (Å²) < 4.78 is 0. The second-order valence-corrected chi connectivity index (χ2v) is 8.08. The van der Waals surface area contributed by atoms with Crippen molar-refractivity contribution in [3.8, 4) is 0 Å². The lowest BCUT2D eigenvalue weighted by Gasteiger charge is -2.33. The summed E-state index contributed by atoms with van der Waals surface area (Å²) in [6, 6.07) is 8.18. The van der Waals surface area contributed by atoms with E-state index in [9.17, 15) is 4.79 Å². The summed E-state index contributed by atoms with van der Waals surface area (Å²) in [4.78, 5) is 14.8. The van der Waals surface area contributed by atoms with Gasteiger partial charge in [0, 0.05) is 30.6 Å². The van der Waals surface area contributed by atoms with Crippen LogP contribution >= 0.6 is 0 Å². The maximum absolute atomic E-state index is 12.7. The first kappa shape index (κ1) is 15.5. The Kier molecular flexibility index (Phi) is 4.02. The fourth-order valence-corrected chi connectivity index (χ4v) is 3.78. The van der Waals surface area contributed by atoms with Gasteiger partial charge in [0.05, 0.1) is 0 Å². The summed E-state index contributed by atoms with van der Waals surface area (Å²) in [5, 5.41) is 3.50. The minimum absolute atomic E-state index is 0.132. The van der Waals surface area contributed by atoms with Crippen molar-refractivity contribution < 1.29 is 4.79 Å². The Hall–Kier alpha value is -1.35. The van der Waals surface area contributed by atoms with Gasteiger partial charge < -0.3 is 10.2 Å². The molecule has 1 unspecified atom stereocenters. The van der Waals surface area contributed by atoms with E-state index in [4.69, 9.17) is 0 Å². The topological polar surface area (TPSA) is 32.3 Å². The van der Waals surface area contributed by atoms with Gasteiger partial charge in [0.25, 0.3) is 5.91 Å².